The van der Waals surface area contributed by atoms with Crippen molar-refractivity contribution in [2.45, 2.75) is 32.9 Å². The highest BCUT2D eigenvalue weighted by Crippen LogP contribution is 2.28. The third-order valence-electron chi connectivity index (χ3n) is 5.66. The third kappa shape index (κ3) is 4.68. The molecule has 7 nitrogen and oxygen atoms in total. The molecule has 0 aliphatic rings. The van der Waals surface area contributed by atoms with Crippen molar-refractivity contribution in [1.29, 1.82) is 0 Å². The molecule has 34 heavy (non-hydrogen) atoms. The summed E-state index contributed by atoms with van der Waals surface area (Å²) in [7, 11) is 1.59. The Hall–Kier alpha value is -3.65. The molecule has 1 N–H and O–H groups in total. The number of fused-ring (bicyclic) bond motifs is 1. The Labute approximate surface area is 202 Å². The fourth-order valence-corrected chi connectivity index (χ4v) is 4.61. The number of aryl methyl sites for hydroxylation is 3. The number of aromatic nitrogens is 3. The van der Waals surface area contributed by atoms with E-state index in [1.165, 1.54) is 11.8 Å². The highest BCUT2D eigenvalue weighted by Gasteiger charge is 2.19. The van der Waals surface area contributed by atoms with Crippen molar-refractivity contribution in [3.05, 3.63) is 81.3 Å². The van der Waals surface area contributed by atoms with E-state index in [1.807, 2.05) is 56.5 Å². The third-order valence-corrected chi connectivity index (χ3v) is 6.60. The van der Waals surface area contributed by atoms with Gasteiger partial charge in [-0.3, -0.25) is 14.2 Å². The van der Waals surface area contributed by atoms with Gasteiger partial charge in [0.15, 0.2) is 10.8 Å². The first-order chi connectivity index (χ1) is 16.3. The van der Waals surface area contributed by atoms with Crippen LogP contribution in [0.15, 0.2) is 58.5 Å². The molecule has 4 rings (SSSR count). The quantitative estimate of drug-likeness (QED) is 0.321. The Morgan fingerprint density at radius 1 is 1.03 bits per heavy atom. The number of hydrogen-bond donors (Lipinski definition) is 1. The van der Waals surface area contributed by atoms with Crippen LogP contribution in [-0.2, 0) is 4.79 Å². The predicted molar refractivity (Wildman–Crippen MR) is 136 cm³/mol. The van der Waals surface area contributed by atoms with Gasteiger partial charge in [0.05, 0.1) is 23.9 Å². The van der Waals surface area contributed by atoms with Crippen molar-refractivity contribution in [3.8, 4) is 11.4 Å². The number of hydrogen-bond acceptors (Lipinski definition) is 6. The molecule has 0 unspecified atom stereocenters. The fourth-order valence-electron chi connectivity index (χ4n) is 3.82. The predicted octanol–water partition coefficient (Wildman–Crippen LogP) is 4.75. The second kappa shape index (κ2) is 9.69. The summed E-state index contributed by atoms with van der Waals surface area (Å²) in [5, 5.41) is 3.78. The number of pyridine rings is 1. The molecule has 0 saturated carbocycles. The Morgan fingerprint density at radius 2 is 1.76 bits per heavy atom. The number of amides is 1. The number of rotatable bonds is 6. The van der Waals surface area contributed by atoms with Crippen LogP contribution in [0, 0.1) is 27.7 Å². The molecular weight excluding hydrogens is 448 g/mol. The van der Waals surface area contributed by atoms with Crippen molar-refractivity contribution in [2.75, 3.05) is 18.2 Å². The Balaban J connectivity index is 1.75. The van der Waals surface area contributed by atoms with E-state index in [4.69, 9.17) is 9.72 Å². The van der Waals surface area contributed by atoms with Crippen LogP contribution < -0.4 is 15.6 Å². The highest BCUT2D eigenvalue weighted by atomic mass is 32.2. The van der Waals surface area contributed by atoms with Crippen LogP contribution in [0.2, 0.25) is 0 Å². The number of nitrogens with zero attached hydrogens (tertiary/aromatic N) is 3. The first-order valence-corrected chi connectivity index (χ1v) is 11.8. The summed E-state index contributed by atoms with van der Waals surface area (Å²) < 4.78 is 7.05. The van der Waals surface area contributed by atoms with Gasteiger partial charge in [0.2, 0.25) is 5.91 Å². The van der Waals surface area contributed by atoms with Gasteiger partial charge in [-0.05, 0) is 80.8 Å². The monoisotopic (exact) mass is 474 g/mol. The van der Waals surface area contributed by atoms with Crippen LogP contribution >= 0.6 is 11.8 Å². The highest BCUT2D eigenvalue weighted by molar-refractivity contribution is 7.99. The van der Waals surface area contributed by atoms with Crippen molar-refractivity contribution in [3.63, 3.8) is 0 Å². The van der Waals surface area contributed by atoms with Crippen molar-refractivity contribution in [1.82, 2.24) is 14.5 Å². The number of nitrogens with one attached hydrogen (secondary N) is 1. The van der Waals surface area contributed by atoms with E-state index in [0.29, 0.717) is 27.6 Å². The van der Waals surface area contributed by atoms with Gasteiger partial charge in [0.1, 0.15) is 5.75 Å². The number of carbonyl (C=O) groups is 1. The summed E-state index contributed by atoms with van der Waals surface area (Å²) in [5.74, 6) is 0.591. The summed E-state index contributed by atoms with van der Waals surface area (Å²) in [5.41, 5.74) is 5.55. The largest absolute Gasteiger partial charge is 0.497 e. The van der Waals surface area contributed by atoms with Gasteiger partial charge in [-0.1, -0.05) is 23.9 Å². The van der Waals surface area contributed by atoms with Crippen LogP contribution in [0.1, 0.15) is 22.4 Å². The van der Waals surface area contributed by atoms with E-state index in [1.54, 1.807) is 31.4 Å². The lowest BCUT2D eigenvalue weighted by atomic mass is 10.1. The van der Waals surface area contributed by atoms with E-state index in [2.05, 4.69) is 10.3 Å². The zero-order chi connectivity index (χ0) is 24.4. The number of carbonyl (C=O) groups excluding carboxylic acids is 1. The number of benzene rings is 2. The van der Waals surface area contributed by atoms with Gasteiger partial charge in [-0.15, -0.1) is 0 Å². The molecule has 0 aliphatic heterocycles. The van der Waals surface area contributed by atoms with Crippen LogP contribution in [0.4, 0.5) is 5.69 Å². The lowest BCUT2D eigenvalue weighted by molar-refractivity contribution is -0.113. The van der Waals surface area contributed by atoms with Crippen molar-refractivity contribution >= 4 is 34.4 Å². The second-order valence-electron chi connectivity index (χ2n) is 8.10. The molecule has 2 aromatic heterocycles. The zero-order valence-corrected chi connectivity index (χ0v) is 20.6. The lowest BCUT2D eigenvalue weighted by Gasteiger charge is -2.18. The maximum Gasteiger partial charge on any atom is 0.283 e. The molecule has 4 aromatic rings. The van der Waals surface area contributed by atoms with Crippen molar-refractivity contribution in [2.24, 2.45) is 0 Å². The molecule has 2 aromatic carbocycles. The fraction of sp³-hybridized carbons (Fsp3) is 0.231. The number of thioether (sulfide) groups is 1. The minimum Gasteiger partial charge on any atom is -0.497 e. The zero-order valence-electron chi connectivity index (χ0n) is 19.8. The molecule has 0 radical (unpaired) electrons. The number of methoxy groups -OCH3 is 1. The molecule has 0 aliphatic carbocycles. The molecule has 0 atom stereocenters. The Kier molecular flexibility index (Phi) is 6.70. The van der Waals surface area contributed by atoms with Crippen LogP contribution in [0.5, 0.6) is 5.75 Å². The lowest BCUT2D eigenvalue weighted by Crippen LogP contribution is -2.20. The van der Waals surface area contributed by atoms with Gasteiger partial charge in [-0.25, -0.2) is 4.98 Å². The van der Waals surface area contributed by atoms with Gasteiger partial charge in [0.25, 0.3) is 5.56 Å². The molecule has 174 valence electrons. The van der Waals surface area contributed by atoms with Gasteiger partial charge in [-0.2, -0.15) is 4.98 Å². The first kappa shape index (κ1) is 23.5. The minimum atomic E-state index is -0.348. The van der Waals surface area contributed by atoms with Crippen LogP contribution in [0.25, 0.3) is 16.7 Å². The molecule has 8 heteroatoms. The maximum atomic E-state index is 13.0. The smallest absolute Gasteiger partial charge is 0.283 e. The topological polar surface area (TPSA) is 86.1 Å². The molecule has 1 amide bonds. The first-order valence-electron chi connectivity index (χ1n) is 10.8. The van der Waals surface area contributed by atoms with Crippen molar-refractivity contribution < 1.29 is 9.53 Å². The summed E-state index contributed by atoms with van der Waals surface area (Å²) in [6.07, 6.45) is 0. The van der Waals surface area contributed by atoms with E-state index in [-0.39, 0.29) is 17.2 Å². The molecule has 0 fully saturated rings. The molecular formula is C26H26N4O3S. The van der Waals surface area contributed by atoms with Crippen LogP contribution in [-0.4, -0.2) is 33.3 Å². The average molecular weight is 475 g/mol. The SMILES string of the molecule is COc1ccc(NC(=O)CSc2nc(=O)c3c(C)cc(C)nc3n2-c2cccc(C)c2C)cc1. The molecule has 0 bridgehead atoms. The normalized spacial score (nSPS) is 11.0. The van der Waals surface area contributed by atoms with Gasteiger partial charge < -0.3 is 10.1 Å². The van der Waals surface area contributed by atoms with Gasteiger partial charge in [0, 0.05) is 11.4 Å². The van der Waals surface area contributed by atoms with E-state index >= 15 is 0 Å². The Bertz CT molecular complexity index is 1450. The van der Waals surface area contributed by atoms with E-state index in [9.17, 15) is 9.59 Å². The minimum absolute atomic E-state index is 0.0830. The summed E-state index contributed by atoms with van der Waals surface area (Å²) in [6.45, 7) is 7.86. The standard InChI is InChI=1S/C26H26N4O3S/c1-15-7-6-8-21(18(15)4)30-24-23(16(2)13-17(3)27-24)25(32)29-26(30)34-14-22(31)28-19-9-11-20(33-5)12-10-19/h6-13H,14H2,1-5H3,(H,28,31). The Morgan fingerprint density at radius 3 is 2.47 bits per heavy atom. The number of anilines is 1. The van der Waals surface area contributed by atoms with E-state index in [0.717, 1.165) is 28.1 Å². The van der Waals surface area contributed by atoms with Crippen LogP contribution in [0.3, 0.4) is 0 Å². The molecule has 0 saturated heterocycles. The average Bonchev–Trinajstić information content (AvgIpc) is 2.80. The number of ether oxygens (including phenoxy) is 1. The van der Waals surface area contributed by atoms with Gasteiger partial charge >= 0.3 is 0 Å². The summed E-state index contributed by atoms with van der Waals surface area (Å²) in [6, 6.07) is 15.0. The van der Waals surface area contributed by atoms with E-state index < -0.39 is 0 Å². The second-order valence-corrected chi connectivity index (χ2v) is 9.04. The molecule has 2 heterocycles. The maximum absolute atomic E-state index is 13.0. The summed E-state index contributed by atoms with van der Waals surface area (Å²) in [4.78, 5) is 34.7. The molecule has 0 spiro atoms. The summed E-state index contributed by atoms with van der Waals surface area (Å²) >= 11 is 1.21.